The molecular weight excluding hydrogens is 328 g/mol. The van der Waals surface area contributed by atoms with Crippen LogP contribution in [0.5, 0.6) is 0 Å². The summed E-state index contributed by atoms with van der Waals surface area (Å²) in [5.74, 6) is 0. The van der Waals surface area contributed by atoms with Gasteiger partial charge in [-0.3, -0.25) is 0 Å². The summed E-state index contributed by atoms with van der Waals surface area (Å²) >= 11 is 0. The van der Waals surface area contributed by atoms with Crippen molar-refractivity contribution in [2.75, 3.05) is 26.4 Å². The molecule has 3 nitrogen and oxygen atoms in total. The zero-order valence-electron chi connectivity index (χ0n) is 15.4. The molecule has 4 heteroatoms. The van der Waals surface area contributed by atoms with E-state index in [2.05, 4.69) is 55.5 Å². The Balaban J connectivity index is 2.30. The molecule has 0 radical (unpaired) electrons. The Morgan fingerprint density at radius 3 is 1.76 bits per heavy atom. The zero-order chi connectivity index (χ0) is 17.8. The standard InChI is InChI=1S/C21H30O3Si/c1-3-5-12-17-23-25(24-19-18-22-4-2,20-13-8-6-9-14-20)21-15-10-7-11-16-21/h6-11,13-16H,3-5,12,17-19H2,1-2H3. The van der Waals surface area contributed by atoms with Crippen LogP contribution < -0.4 is 10.4 Å². The van der Waals surface area contributed by atoms with Crippen LogP contribution in [0.2, 0.25) is 0 Å². The second-order valence-corrected chi connectivity index (χ2v) is 8.91. The molecule has 0 fully saturated rings. The zero-order valence-corrected chi connectivity index (χ0v) is 16.4. The summed E-state index contributed by atoms with van der Waals surface area (Å²) in [6, 6.07) is 20.8. The van der Waals surface area contributed by atoms with Gasteiger partial charge in [0.1, 0.15) is 0 Å². The van der Waals surface area contributed by atoms with Crippen LogP contribution in [0.3, 0.4) is 0 Å². The first kappa shape index (κ1) is 19.9. The van der Waals surface area contributed by atoms with E-state index in [0.717, 1.165) is 23.4 Å². The van der Waals surface area contributed by atoms with Gasteiger partial charge in [0.2, 0.25) is 0 Å². The maximum Gasteiger partial charge on any atom is 0.407 e. The van der Waals surface area contributed by atoms with E-state index in [4.69, 9.17) is 13.6 Å². The lowest BCUT2D eigenvalue weighted by Gasteiger charge is -2.31. The van der Waals surface area contributed by atoms with Crippen LogP contribution in [0.15, 0.2) is 60.7 Å². The van der Waals surface area contributed by atoms with Crippen molar-refractivity contribution in [2.45, 2.75) is 33.1 Å². The molecule has 0 aliphatic carbocycles. The van der Waals surface area contributed by atoms with Crippen molar-refractivity contribution in [3.8, 4) is 0 Å². The third-order valence-corrected chi connectivity index (χ3v) is 7.51. The van der Waals surface area contributed by atoms with Gasteiger partial charge in [-0.25, -0.2) is 0 Å². The minimum absolute atomic E-state index is 0.539. The summed E-state index contributed by atoms with van der Waals surface area (Å²) in [5.41, 5.74) is 0. The van der Waals surface area contributed by atoms with E-state index in [9.17, 15) is 0 Å². The minimum Gasteiger partial charge on any atom is -0.388 e. The summed E-state index contributed by atoms with van der Waals surface area (Å²) in [6.45, 7) is 6.75. The van der Waals surface area contributed by atoms with Gasteiger partial charge in [0.05, 0.1) is 13.2 Å². The van der Waals surface area contributed by atoms with Gasteiger partial charge in [0.25, 0.3) is 0 Å². The average Bonchev–Trinajstić information content (AvgIpc) is 2.68. The van der Waals surface area contributed by atoms with Crippen LogP contribution in [0.4, 0.5) is 0 Å². The van der Waals surface area contributed by atoms with Crippen molar-refractivity contribution < 1.29 is 13.6 Å². The Bertz CT molecular complexity index is 521. The van der Waals surface area contributed by atoms with E-state index in [0.29, 0.717) is 19.8 Å². The van der Waals surface area contributed by atoms with E-state index in [1.54, 1.807) is 0 Å². The normalized spacial score (nSPS) is 11.6. The molecule has 0 unspecified atom stereocenters. The molecule has 0 aliphatic heterocycles. The molecule has 0 spiro atoms. The van der Waals surface area contributed by atoms with Gasteiger partial charge >= 0.3 is 8.56 Å². The predicted molar refractivity (Wildman–Crippen MR) is 106 cm³/mol. The molecule has 0 N–H and O–H groups in total. The first-order chi connectivity index (χ1) is 12.3. The first-order valence-corrected chi connectivity index (χ1v) is 11.1. The van der Waals surface area contributed by atoms with Crippen LogP contribution in [-0.2, 0) is 13.6 Å². The molecule has 136 valence electrons. The third kappa shape index (κ3) is 5.78. The number of rotatable bonds is 12. The Morgan fingerprint density at radius 1 is 0.680 bits per heavy atom. The molecule has 0 atom stereocenters. The van der Waals surface area contributed by atoms with E-state index in [1.165, 1.54) is 12.8 Å². The third-order valence-electron chi connectivity index (χ3n) is 4.10. The van der Waals surface area contributed by atoms with Crippen molar-refractivity contribution in [1.82, 2.24) is 0 Å². The van der Waals surface area contributed by atoms with Gasteiger partial charge in [-0.2, -0.15) is 0 Å². The van der Waals surface area contributed by atoms with Crippen LogP contribution in [-0.4, -0.2) is 35.0 Å². The molecule has 0 saturated heterocycles. The Labute approximate surface area is 153 Å². The van der Waals surface area contributed by atoms with Crippen LogP contribution in [0, 0.1) is 0 Å². The summed E-state index contributed by atoms with van der Waals surface area (Å²) in [5, 5.41) is 2.29. The minimum atomic E-state index is -2.73. The van der Waals surface area contributed by atoms with Crippen molar-refractivity contribution in [1.29, 1.82) is 0 Å². The second kappa shape index (κ2) is 11.2. The van der Waals surface area contributed by atoms with Gasteiger partial charge in [-0.15, -0.1) is 0 Å². The Morgan fingerprint density at radius 2 is 1.24 bits per heavy atom. The monoisotopic (exact) mass is 358 g/mol. The van der Waals surface area contributed by atoms with Gasteiger partial charge in [0.15, 0.2) is 0 Å². The molecule has 2 rings (SSSR count). The van der Waals surface area contributed by atoms with E-state index < -0.39 is 8.56 Å². The first-order valence-electron chi connectivity index (χ1n) is 9.30. The molecule has 0 aliphatic rings. The lowest BCUT2D eigenvalue weighted by atomic mass is 10.3. The van der Waals surface area contributed by atoms with E-state index >= 15 is 0 Å². The van der Waals surface area contributed by atoms with E-state index in [1.807, 2.05) is 19.1 Å². The number of benzene rings is 2. The maximum absolute atomic E-state index is 6.55. The quantitative estimate of drug-likeness (QED) is 0.429. The fraction of sp³-hybridized carbons (Fsp3) is 0.429. The highest BCUT2D eigenvalue weighted by Crippen LogP contribution is 2.12. The summed E-state index contributed by atoms with van der Waals surface area (Å²) in [6.07, 6.45) is 3.41. The highest BCUT2D eigenvalue weighted by Gasteiger charge is 2.42. The molecular formula is C21H30O3Si. The van der Waals surface area contributed by atoms with Crippen molar-refractivity contribution in [3.05, 3.63) is 60.7 Å². The highest BCUT2D eigenvalue weighted by atomic mass is 28.4. The average molecular weight is 359 g/mol. The molecule has 0 heterocycles. The molecule has 0 aromatic heterocycles. The molecule has 2 aromatic rings. The topological polar surface area (TPSA) is 27.7 Å². The lowest BCUT2D eigenvalue weighted by Crippen LogP contribution is -2.63. The van der Waals surface area contributed by atoms with Gasteiger partial charge in [-0.1, -0.05) is 80.4 Å². The lowest BCUT2D eigenvalue weighted by molar-refractivity contribution is 0.0919. The summed E-state index contributed by atoms with van der Waals surface area (Å²) in [4.78, 5) is 0. The van der Waals surface area contributed by atoms with Crippen molar-refractivity contribution in [3.63, 3.8) is 0 Å². The summed E-state index contributed by atoms with van der Waals surface area (Å²) in [7, 11) is -2.73. The van der Waals surface area contributed by atoms with Gasteiger partial charge < -0.3 is 13.6 Å². The van der Waals surface area contributed by atoms with Crippen molar-refractivity contribution >= 4 is 18.9 Å². The number of hydrogen-bond acceptors (Lipinski definition) is 3. The highest BCUT2D eigenvalue weighted by molar-refractivity contribution is 6.92. The van der Waals surface area contributed by atoms with E-state index in [-0.39, 0.29) is 0 Å². The van der Waals surface area contributed by atoms with Crippen LogP contribution >= 0.6 is 0 Å². The fourth-order valence-electron chi connectivity index (χ4n) is 2.81. The molecule has 0 bridgehead atoms. The number of hydrogen-bond donors (Lipinski definition) is 0. The molecule has 2 aromatic carbocycles. The van der Waals surface area contributed by atoms with Gasteiger partial charge in [-0.05, 0) is 23.7 Å². The Hall–Kier alpha value is -1.46. The number of unbranched alkanes of at least 4 members (excludes halogenated alkanes) is 2. The smallest absolute Gasteiger partial charge is 0.388 e. The number of ether oxygens (including phenoxy) is 1. The molecule has 0 saturated carbocycles. The largest absolute Gasteiger partial charge is 0.407 e. The SMILES string of the molecule is CCCCCO[Si](OCCOCC)(c1ccccc1)c1ccccc1. The van der Waals surface area contributed by atoms with Crippen molar-refractivity contribution in [2.24, 2.45) is 0 Å². The Kier molecular flexibility index (Phi) is 8.90. The summed E-state index contributed by atoms with van der Waals surface area (Å²) < 4.78 is 18.5. The van der Waals surface area contributed by atoms with Gasteiger partial charge in [0, 0.05) is 13.2 Å². The van der Waals surface area contributed by atoms with Crippen LogP contribution in [0.25, 0.3) is 0 Å². The fourth-order valence-corrected chi connectivity index (χ4v) is 5.96. The predicted octanol–water partition coefficient (Wildman–Crippen LogP) is 3.50. The second-order valence-electron chi connectivity index (χ2n) is 5.95. The molecule has 0 amide bonds. The molecule has 25 heavy (non-hydrogen) atoms. The maximum atomic E-state index is 6.55. The van der Waals surface area contributed by atoms with Crippen LogP contribution in [0.1, 0.15) is 33.1 Å².